The molecule has 0 aliphatic carbocycles. The van der Waals surface area contributed by atoms with Gasteiger partial charge in [0.05, 0.1) is 10.5 Å². The minimum absolute atomic E-state index is 0.0878. The smallest absolute Gasteiger partial charge is 0.322 e. The number of halogens is 4. The third kappa shape index (κ3) is 3.98. The summed E-state index contributed by atoms with van der Waals surface area (Å²) >= 11 is 5.70. The van der Waals surface area contributed by atoms with Crippen LogP contribution in [-0.2, 0) is 6.18 Å². The maximum Gasteiger partial charge on any atom is 0.416 e. The summed E-state index contributed by atoms with van der Waals surface area (Å²) in [7, 11) is 0. The van der Waals surface area contributed by atoms with Crippen LogP contribution in [0.25, 0.3) is 0 Å². The molecule has 5 nitrogen and oxygen atoms in total. The molecule has 2 rings (SSSR count). The molecule has 0 saturated heterocycles. The van der Waals surface area contributed by atoms with Gasteiger partial charge in [0, 0.05) is 16.8 Å². The van der Waals surface area contributed by atoms with E-state index in [2.05, 4.69) is 5.32 Å². The van der Waals surface area contributed by atoms with E-state index >= 15 is 0 Å². The van der Waals surface area contributed by atoms with Crippen LogP contribution in [-0.4, -0.2) is 10.8 Å². The molecule has 0 spiro atoms. The van der Waals surface area contributed by atoms with Gasteiger partial charge in [-0.1, -0.05) is 17.7 Å². The van der Waals surface area contributed by atoms with Crippen molar-refractivity contribution in [2.75, 3.05) is 5.32 Å². The fraction of sp³-hybridized carbons (Fsp3) is 0.0714. The van der Waals surface area contributed by atoms with Crippen LogP contribution >= 0.6 is 11.6 Å². The van der Waals surface area contributed by atoms with Gasteiger partial charge < -0.3 is 5.32 Å². The van der Waals surface area contributed by atoms with Crippen LogP contribution in [0, 0.1) is 10.1 Å². The Morgan fingerprint density at radius 3 is 2.48 bits per heavy atom. The van der Waals surface area contributed by atoms with Gasteiger partial charge in [0.25, 0.3) is 11.6 Å². The highest BCUT2D eigenvalue weighted by Gasteiger charge is 2.30. The highest BCUT2D eigenvalue weighted by atomic mass is 35.5. The van der Waals surface area contributed by atoms with Gasteiger partial charge in [0.1, 0.15) is 5.56 Å². The highest BCUT2D eigenvalue weighted by molar-refractivity contribution is 6.31. The van der Waals surface area contributed by atoms with Gasteiger partial charge in [-0.2, -0.15) is 13.2 Å². The Balaban J connectivity index is 2.33. The van der Waals surface area contributed by atoms with E-state index in [4.69, 9.17) is 11.6 Å². The molecule has 0 radical (unpaired) electrons. The van der Waals surface area contributed by atoms with E-state index in [-0.39, 0.29) is 16.3 Å². The predicted octanol–water partition coefficient (Wildman–Crippen LogP) is 4.52. The predicted molar refractivity (Wildman–Crippen MR) is 77.5 cm³/mol. The van der Waals surface area contributed by atoms with Crippen molar-refractivity contribution in [3.05, 3.63) is 68.7 Å². The molecule has 0 atom stereocenters. The molecule has 0 bridgehead atoms. The van der Waals surface area contributed by atoms with Gasteiger partial charge in [-0.3, -0.25) is 14.9 Å². The number of hydrogen-bond donors (Lipinski definition) is 1. The van der Waals surface area contributed by atoms with Gasteiger partial charge in [-0.15, -0.1) is 0 Å². The van der Waals surface area contributed by atoms with E-state index in [0.29, 0.717) is 0 Å². The molecule has 0 aliphatic rings. The van der Waals surface area contributed by atoms with Crippen molar-refractivity contribution in [3.63, 3.8) is 0 Å². The van der Waals surface area contributed by atoms with Gasteiger partial charge in [0.2, 0.25) is 0 Å². The molecule has 2 aromatic carbocycles. The molecule has 23 heavy (non-hydrogen) atoms. The van der Waals surface area contributed by atoms with Crippen LogP contribution in [0.2, 0.25) is 5.02 Å². The first kappa shape index (κ1) is 16.8. The molecule has 0 aliphatic heterocycles. The second kappa shape index (κ2) is 6.25. The first-order chi connectivity index (χ1) is 10.7. The van der Waals surface area contributed by atoms with Crippen molar-refractivity contribution >= 4 is 28.9 Å². The molecule has 9 heteroatoms. The average molecular weight is 345 g/mol. The van der Waals surface area contributed by atoms with Gasteiger partial charge in [-0.25, -0.2) is 0 Å². The number of carbonyl (C=O) groups excluding carboxylic acids is 1. The lowest BCUT2D eigenvalue weighted by Crippen LogP contribution is -2.15. The molecule has 0 fully saturated rings. The summed E-state index contributed by atoms with van der Waals surface area (Å²) in [5, 5.41) is 13.2. The van der Waals surface area contributed by atoms with Crippen LogP contribution in [0.5, 0.6) is 0 Å². The number of amides is 1. The van der Waals surface area contributed by atoms with Crippen molar-refractivity contribution < 1.29 is 22.9 Å². The Labute approximate surface area is 132 Å². The van der Waals surface area contributed by atoms with E-state index in [1.165, 1.54) is 12.1 Å². The van der Waals surface area contributed by atoms with Crippen molar-refractivity contribution in [3.8, 4) is 0 Å². The Bertz CT molecular complexity index is 778. The first-order valence-corrected chi connectivity index (χ1v) is 6.49. The molecule has 0 heterocycles. The molecule has 0 saturated carbocycles. The molecule has 1 N–H and O–H groups in total. The zero-order valence-electron chi connectivity index (χ0n) is 11.2. The molecular weight excluding hydrogens is 337 g/mol. The third-order valence-corrected chi connectivity index (χ3v) is 3.08. The van der Waals surface area contributed by atoms with E-state index in [1.807, 2.05) is 0 Å². The van der Waals surface area contributed by atoms with Crippen molar-refractivity contribution in [2.24, 2.45) is 0 Å². The molecule has 0 unspecified atom stereocenters. The zero-order valence-corrected chi connectivity index (χ0v) is 12.0. The summed E-state index contributed by atoms with van der Waals surface area (Å²) in [6, 6.07) is 7.28. The fourth-order valence-corrected chi connectivity index (χ4v) is 1.99. The number of hydrogen-bond acceptors (Lipinski definition) is 3. The normalized spacial score (nSPS) is 11.1. The maximum atomic E-state index is 12.6. The minimum Gasteiger partial charge on any atom is -0.322 e. The number of anilines is 1. The van der Waals surface area contributed by atoms with E-state index in [9.17, 15) is 28.1 Å². The molecule has 0 aromatic heterocycles. The van der Waals surface area contributed by atoms with Gasteiger partial charge in [0.15, 0.2) is 0 Å². The van der Waals surface area contributed by atoms with E-state index in [0.717, 1.165) is 30.3 Å². The average Bonchev–Trinajstić information content (AvgIpc) is 2.46. The number of nitro benzene ring substituents is 1. The maximum absolute atomic E-state index is 12.6. The molecule has 1 amide bonds. The molecular formula is C14H8ClF3N2O3. The number of carbonyl (C=O) groups is 1. The van der Waals surface area contributed by atoms with Gasteiger partial charge >= 0.3 is 6.18 Å². The van der Waals surface area contributed by atoms with Crippen molar-refractivity contribution in [1.82, 2.24) is 0 Å². The zero-order chi connectivity index (χ0) is 17.2. The Morgan fingerprint density at radius 2 is 1.87 bits per heavy atom. The summed E-state index contributed by atoms with van der Waals surface area (Å²) in [5.41, 5.74) is -1.94. The van der Waals surface area contributed by atoms with Crippen LogP contribution in [0.4, 0.5) is 24.5 Å². The Morgan fingerprint density at radius 1 is 1.17 bits per heavy atom. The summed E-state index contributed by atoms with van der Waals surface area (Å²) in [4.78, 5) is 22.2. The quantitative estimate of drug-likeness (QED) is 0.657. The van der Waals surface area contributed by atoms with Crippen LogP contribution in [0.3, 0.4) is 0 Å². The van der Waals surface area contributed by atoms with E-state index < -0.39 is 28.3 Å². The lowest BCUT2D eigenvalue weighted by Gasteiger charge is -2.10. The Hall–Kier alpha value is -2.61. The second-order valence-corrected chi connectivity index (χ2v) is 4.89. The third-order valence-electron chi connectivity index (χ3n) is 2.85. The van der Waals surface area contributed by atoms with Crippen LogP contribution in [0.1, 0.15) is 15.9 Å². The van der Waals surface area contributed by atoms with Crippen LogP contribution < -0.4 is 5.32 Å². The van der Waals surface area contributed by atoms with Crippen molar-refractivity contribution in [1.29, 1.82) is 0 Å². The van der Waals surface area contributed by atoms with E-state index in [1.54, 1.807) is 0 Å². The lowest BCUT2D eigenvalue weighted by atomic mass is 10.1. The standard InChI is InChI=1S/C14H8ClF3N2O3/c15-9-4-5-12(20(22)23)11(7-9)13(21)19-10-3-1-2-8(6-10)14(16,17)18/h1-7H,(H,19,21). The first-order valence-electron chi connectivity index (χ1n) is 6.11. The number of rotatable bonds is 3. The summed E-state index contributed by atoms with van der Waals surface area (Å²) in [5.74, 6) is -0.932. The largest absolute Gasteiger partial charge is 0.416 e. The minimum atomic E-state index is -4.57. The SMILES string of the molecule is O=C(Nc1cccc(C(F)(F)F)c1)c1cc(Cl)ccc1[N+](=O)[O-]. The second-order valence-electron chi connectivity index (χ2n) is 4.45. The number of alkyl halides is 3. The number of nitrogens with one attached hydrogen (secondary N) is 1. The van der Waals surface area contributed by atoms with Crippen molar-refractivity contribution in [2.45, 2.75) is 6.18 Å². The topological polar surface area (TPSA) is 72.2 Å². The summed E-state index contributed by atoms with van der Waals surface area (Å²) in [6.07, 6.45) is -4.57. The molecule has 2 aromatic rings. The monoisotopic (exact) mass is 344 g/mol. The number of nitrogens with zero attached hydrogens (tertiary/aromatic N) is 1. The van der Waals surface area contributed by atoms with Crippen LogP contribution in [0.15, 0.2) is 42.5 Å². The summed E-state index contributed by atoms with van der Waals surface area (Å²) in [6.45, 7) is 0. The van der Waals surface area contributed by atoms with Gasteiger partial charge in [-0.05, 0) is 30.3 Å². The fourth-order valence-electron chi connectivity index (χ4n) is 1.82. The lowest BCUT2D eigenvalue weighted by molar-refractivity contribution is -0.385. The summed E-state index contributed by atoms with van der Waals surface area (Å²) < 4.78 is 37.9. The molecule has 120 valence electrons. The number of benzene rings is 2. The highest BCUT2D eigenvalue weighted by Crippen LogP contribution is 2.31. The Kier molecular flexibility index (Phi) is 4.55. The number of nitro groups is 1.